The number of benzene rings is 1. The van der Waals surface area contributed by atoms with Crippen LogP contribution in [0.1, 0.15) is 59.9 Å². The first-order valence-electron chi connectivity index (χ1n) is 8.39. The highest BCUT2D eigenvalue weighted by Crippen LogP contribution is 2.33. The molecule has 3 rings (SSSR count). The van der Waals surface area contributed by atoms with E-state index in [0.29, 0.717) is 18.7 Å². The molecule has 0 unspecified atom stereocenters. The van der Waals surface area contributed by atoms with Gasteiger partial charge >= 0.3 is 0 Å². The number of rotatable bonds is 5. The van der Waals surface area contributed by atoms with Crippen molar-refractivity contribution >= 4 is 5.78 Å². The Morgan fingerprint density at radius 2 is 2.00 bits per heavy atom. The fourth-order valence-electron chi connectivity index (χ4n) is 3.39. The molecule has 0 bridgehead atoms. The van der Waals surface area contributed by atoms with Gasteiger partial charge in [0.05, 0.1) is 32.0 Å². The third kappa shape index (κ3) is 2.79. The highest BCUT2D eigenvalue weighted by Gasteiger charge is 2.28. The van der Waals surface area contributed by atoms with Crippen molar-refractivity contribution in [2.75, 3.05) is 14.2 Å². The molecule has 0 saturated heterocycles. The second-order valence-electron chi connectivity index (χ2n) is 6.45. The summed E-state index contributed by atoms with van der Waals surface area (Å²) in [7, 11) is 3.27. The summed E-state index contributed by atoms with van der Waals surface area (Å²) in [6, 6.07) is 5.83. The van der Waals surface area contributed by atoms with E-state index in [9.17, 15) is 4.79 Å². The first kappa shape index (κ1) is 16.6. The van der Waals surface area contributed by atoms with Crippen molar-refractivity contribution in [3.8, 4) is 11.5 Å². The van der Waals surface area contributed by atoms with Crippen LogP contribution in [0.5, 0.6) is 11.5 Å². The minimum absolute atomic E-state index is 0.226. The zero-order valence-corrected chi connectivity index (χ0v) is 14.8. The largest absolute Gasteiger partial charge is 0.493 e. The fourth-order valence-corrected chi connectivity index (χ4v) is 3.39. The smallest absolute Gasteiger partial charge is 0.166 e. The number of nitrogens with zero attached hydrogens (tertiary/aromatic N) is 2. The van der Waals surface area contributed by atoms with Crippen LogP contribution in [0, 0.1) is 0 Å². The molecule has 1 aromatic heterocycles. The maximum atomic E-state index is 12.4. The monoisotopic (exact) mass is 328 g/mol. The van der Waals surface area contributed by atoms with E-state index in [1.165, 1.54) is 0 Å². The average molecular weight is 328 g/mol. The van der Waals surface area contributed by atoms with Crippen LogP contribution in [0.3, 0.4) is 0 Å². The topological polar surface area (TPSA) is 53.4 Å². The van der Waals surface area contributed by atoms with Gasteiger partial charge < -0.3 is 9.47 Å². The van der Waals surface area contributed by atoms with Crippen LogP contribution in [-0.4, -0.2) is 29.8 Å². The van der Waals surface area contributed by atoms with E-state index in [0.717, 1.165) is 41.1 Å². The molecule has 5 heteroatoms. The lowest BCUT2D eigenvalue weighted by atomic mass is 9.91. The van der Waals surface area contributed by atoms with Gasteiger partial charge in [0.1, 0.15) is 0 Å². The minimum Gasteiger partial charge on any atom is -0.493 e. The molecule has 0 N–H and O–H groups in total. The van der Waals surface area contributed by atoms with E-state index in [1.807, 2.05) is 22.9 Å². The number of hydrogen-bond donors (Lipinski definition) is 0. The molecular formula is C19H24N2O3. The molecule has 2 aromatic rings. The molecule has 1 aliphatic carbocycles. The van der Waals surface area contributed by atoms with Crippen LogP contribution in [-0.2, 0) is 13.0 Å². The zero-order valence-electron chi connectivity index (χ0n) is 14.8. The van der Waals surface area contributed by atoms with Crippen LogP contribution < -0.4 is 9.47 Å². The van der Waals surface area contributed by atoms with Crippen molar-refractivity contribution < 1.29 is 14.3 Å². The van der Waals surface area contributed by atoms with Gasteiger partial charge in [-0.25, -0.2) is 0 Å². The molecule has 0 amide bonds. The van der Waals surface area contributed by atoms with Crippen LogP contribution >= 0.6 is 0 Å². The summed E-state index contributed by atoms with van der Waals surface area (Å²) in [4.78, 5) is 12.4. The van der Waals surface area contributed by atoms with E-state index >= 15 is 0 Å². The van der Waals surface area contributed by atoms with Crippen molar-refractivity contribution in [2.45, 2.75) is 45.6 Å². The third-order valence-electron chi connectivity index (χ3n) is 4.53. The second-order valence-corrected chi connectivity index (χ2v) is 6.45. The van der Waals surface area contributed by atoms with E-state index in [4.69, 9.17) is 14.6 Å². The maximum absolute atomic E-state index is 12.4. The summed E-state index contributed by atoms with van der Waals surface area (Å²) in [6.45, 7) is 4.74. The molecule has 0 radical (unpaired) electrons. The summed E-state index contributed by atoms with van der Waals surface area (Å²) in [6.07, 6.45) is 2.41. The van der Waals surface area contributed by atoms with Gasteiger partial charge in [0.15, 0.2) is 17.3 Å². The van der Waals surface area contributed by atoms with E-state index in [2.05, 4.69) is 13.8 Å². The third-order valence-corrected chi connectivity index (χ3v) is 4.53. The van der Waals surface area contributed by atoms with Gasteiger partial charge in [-0.1, -0.05) is 26.0 Å². The Kier molecular flexibility index (Phi) is 4.60. The van der Waals surface area contributed by atoms with Crippen LogP contribution in [0.4, 0.5) is 0 Å². The van der Waals surface area contributed by atoms with E-state index < -0.39 is 0 Å². The van der Waals surface area contributed by atoms with Gasteiger partial charge in [0, 0.05) is 17.7 Å². The standard InChI is InChI=1S/C19H24N2O3/c1-12(2)18-17-14(8-6-9-15(17)22)21(20-18)11-13-7-5-10-16(23-3)19(13)24-4/h5,7,10,12H,6,8-9,11H2,1-4H3. The molecule has 128 valence electrons. The summed E-state index contributed by atoms with van der Waals surface area (Å²) in [5, 5.41) is 4.77. The molecule has 5 nitrogen and oxygen atoms in total. The average Bonchev–Trinajstić information content (AvgIpc) is 2.95. The van der Waals surface area contributed by atoms with Gasteiger partial charge in [-0.2, -0.15) is 5.10 Å². The molecule has 0 spiro atoms. The molecule has 24 heavy (non-hydrogen) atoms. The highest BCUT2D eigenvalue weighted by atomic mass is 16.5. The Bertz CT molecular complexity index is 762. The number of ether oxygens (including phenoxy) is 2. The SMILES string of the molecule is COc1cccc(Cn2nc(C(C)C)c3c2CCCC3=O)c1OC. The molecule has 0 fully saturated rings. The molecule has 1 heterocycles. The number of ketones is 1. The molecule has 0 atom stereocenters. The number of carbonyl (C=O) groups is 1. The summed E-state index contributed by atoms with van der Waals surface area (Å²) < 4.78 is 12.9. The molecule has 0 aliphatic heterocycles. The first-order chi connectivity index (χ1) is 11.6. The van der Waals surface area contributed by atoms with Gasteiger partial charge in [-0.05, 0) is 24.8 Å². The number of aromatic nitrogens is 2. The van der Waals surface area contributed by atoms with Crippen molar-refractivity contribution in [2.24, 2.45) is 0 Å². The van der Waals surface area contributed by atoms with Crippen LogP contribution in [0.25, 0.3) is 0 Å². The summed E-state index contributed by atoms with van der Waals surface area (Å²) in [5.74, 6) is 1.88. The molecule has 1 aromatic carbocycles. The van der Waals surface area contributed by atoms with Crippen LogP contribution in [0.2, 0.25) is 0 Å². The van der Waals surface area contributed by atoms with Gasteiger partial charge in [0.2, 0.25) is 0 Å². The maximum Gasteiger partial charge on any atom is 0.166 e. The number of methoxy groups -OCH3 is 2. The van der Waals surface area contributed by atoms with E-state index in [1.54, 1.807) is 14.2 Å². The Morgan fingerprint density at radius 3 is 2.67 bits per heavy atom. The lowest BCUT2D eigenvalue weighted by Gasteiger charge is -2.16. The van der Waals surface area contributed by atoms with Gasteiger partial charge in [-0.3, -0.25) is 9.48 Å². The number of hydrogen-bond acceptors (Lipinski definition) is 4. The number of fused-ring (bicyclic) bond motifs is 1. The molecule has 1 aliphatic rings. The first-order valence-corrected chi connectivity index (χ1v) is 8.39. The Hall–Kier alpha value is -2.30. The van der Waals surface area contributed by atoms with E-state index in [-0.39, 0.29) is 11.7 Å². The van der Waals surface area contributed by atoms with Crippen LogP contribution in [0.15, 0.2) is 18.2 Å². The lowest BCUT2D eigenvalue weighted by molar-refractivity contribution is 0.0970. The Morgan fingerprint density at radius 1 is 1.21 bits per heavy atom. The predicted octanol–water partition coefficient (Wildman–Crippen LogP) is 3.59. The zero-order chi connectivity index (χ0) is 17.3. The second kappa shape index (κ2) is 6.67. The number of carbonyl (C=O) groups excluding carboxylic acids is 1. The van der Waals surface area contributed by atoms with Crippen molar-refractivity contribution in [3.63, 3.8) is 0 Å². The Labute approximate surface area is 142 Å². The molecule has 0 saturated carbocycles. The van der Waals surface area contributed by atoms with Crippen molar-refractivity contribution in [1.82, 2.24) is 9.78 Å². The van der Waals surface area contributed by atoms with Crippen molar-refractivity contribution in [3.05, 3.63) is 40.7 Å². The quantitative estimate of drug-likeness (QED) is 0.841. The fraction of sp³-hybridized carbons (Fsp3) is 0.474. The highest BCUT2D eigenvalue weighted by molar-refractivity contribution is 5.99. The number of para-hydroxylation sites is 1. The Balaban J connectivity index is 2.06. The predicted molar refractivity (Wildman–Crippen MR) is 92.2 cm³/mol. The van der Waals surface area contributed by atoms with Gasteiger partial charge in [0.25, 0.3) is 0 Å². The van der Waals surface area contributed by atoms with Gasteiger partial charge in [-0.15, -0.1) is 0 Å². The lowest BCUT2D eigenvalue weighted by Crippen LogP contribution is -2.15. The molecular weight excluding hydrogens is 304 g/mol. The minimum atomic E-state index is 0.226. The normalized spacial score (nSPS) is 14.0. The van der Waals surface area contributed by atoms with Crippen molar-refractivity contribution in [1.29, 1.82) is 0 Å². The number of Topliss-reactive ketones (excluding diaryl/α,β-unsaturated/α-hetero) is 1. The summed E-state index contributed by atoms with van der Waals surface area (Å²) >= 11 is 0. The summed E-state index contributed by atoms with van der Waals surface area (Å²) in [5.41, 5.74) is 3.81.